The SMILES string of the molecule is O=C(NCc1ccco1)C1(C(=O)NCC2CCCO2)CC1. The average molecular weight is 292 g/mol. The summed E-state index contributed by atoms with van der Waals surface area (Å²) >= 11 is 0. The standard InChI is InChI=1S/C15H20N2O4/c18-13(16-9-11-3-1-7-20-11)15(5-6-15)14(19)17-10-12-4-2-8-21-12/h1,3,7,12H,2,4-6,8-10H2,(H,16,18)(H,17,19). The van der Waals surface area contributed by atoms with E-state index in [-0.39, 0.29) is 17.9 Å². The first-order chi connectivity index (χ1) is 10.2. The Bertz CT molecular complexity index is 502. The summed E-state index contributed by atoms with van der Waals surface area (Å²) < 4.78 is 10.6. The van der Waals surface area contributed by atoms with Crippen molar-refractivity contribution >= 4 is 11.8 Å². The fourth-order valence-corrected chi connectivity index (χ4v) is 2.61. The molecule has 1 aromatic heterocycles. The van der Waals surface area contributed by atoms with Gasteiger partial charge in [0.1, 0.15) is 11.2 Å². The topological polar surface area (TPSA) is 80.6 Å². The average Bonchev–Trinajstić information content (AvgIpc) is 2.92. The molecule has 1 atom stereocenters. The summed E-state index contributed by atoms with van der Waals surface area (Å²) in [5.41, 5.74) is -0.884. The van der Waals surface area contributed by atoms with Gasteiger partial charge < -0.3 is 19.8 Å². The Labute approximate surface area is 123 Å². The van der Waals surface area contributed by atoms with Gasteiger partial charge in [-0.2, -0.15) is 0 Å². The van der Waals surface area contributed by atoms with E-state index in [1.54, 1.807) is 18.4 Å². The third kappa shape index (κ3) is 3.10. The van der Waals surface area contributed by atoms with Crippen LogP contribution in [0.3, 0.4) is 0 Å². The molecule has 3 rings (SSSR count). The fraction of sp³-hybridized carbons (Fsp3) is 0.600. The maximum Gasteiger partial charge on any atom is 0.236 e. The highest BCUT2D eigenvalue weighted by atomic mass is 16.5. The lowest BCUT2D eigenvalue weighted by Gasteiger charge is -2.17. The predicted octanol–water partition coefficient (Wildman–Crippen LogP) is 0.971. The summed E-state index contributed by atoms with van der Waals surface area (Å²) in [6.07, 6.45) is 4.87. The molecule has 2 fully saturated rings. The van der Waals surface area contributed by atoms with Crippen molar-refractivity contribution in [3.63, 3.8) is 0 Å². The summed E-state index contributed by atoms with van der Waals surface area (Å²) in [6.45, 7) is 1.56. The zero-order valence-corrected chi connectivity index (χ0v) is 11.9. The van der Waals surface area contributed by atoms with E-state index in [4.69, 9.17) is 9.15 Å². The maximum atomic E-state index is 12.2. The molecule has 1 unspecified atom stereocenters. The molecule has 1 saturated carbocycles. The van der Waals surface area contributed by atoms with Crippen molar-refractivity contribution in [2.45, 2.75) is 38.3 Å². The number of rotatable bonds is 6. The van der Waals surface area contributed by atoms with E-state index in [9.17, 15) is 9.59 Å². The lowest BCUT2D eigenvalue weighted by molar-refractivity contribution is -0.137. The molecule has 6 heteroatoms. The summed E-state index contributed by atoms with van der Waals surface area (Å²) in [4.78, 5) is 24.5. The van der Waals surface area contributed by atoms with Crippen LogP contribution in [-0.2, 0) is 20.9 Å². The number of furan rings is 1. The minimum absolute atomic E-state index is 0.0935. The highest BCUT2D eigenvalue weighted by molar-refractivity contribution is 6.07. The monoisotopic (exact) mass is 292 g/mol. The number of nitrogens with one attached hydrogen (secondary N) is 2. The number of hydrogen-bond donors (Lipinski definition) is 2. The van der Waals surface area contributed by atoms with Crippen LogP contribution in [0, 0.1) is 5.41 Å². The lowest BCUT2D eigenvalue weighted by atomic mass is 10.0. The molecule has 2 N–H and O–H groups in total. The maximum absolute atomic E-state index is 12.2. The molecule has 1 aliphatic carbocycles. The minimum Gasteiger partial charge on any atom is -0.467 e. The molecule has 1 aromatic rings. The molecule has 0 radical (unpaired) electrons. The van der Waals surface area contributed by atoms with Crippen molar-refractivity contribution in [1.29, 1.82) is 0 Å². The van der Waals surface area contributed by atoms with Crippen molar-refractivity contribution in [3.8, 4) is 0 Å². The van der Waals surface area contributed by atoms with E-state index in [2.05, 4.69) is 10.6 Å². The van der Waals surface area contributed by atoms with Crippen molar-refractivity contribution in [1.82, 2.24) is 10.6 Å². The Balaban J connectivity index is 1.48. The largest absolute Gasteiger partial charge is 0.467 e. The Kier molecular flexibility index (Phi) is 3.96. The van der Waals surface area contributed by atoms with Crippen molar-refractivity contribution in [2.24, 2.45) is 5.41 Å². The number of carbonyl (C=O) groups excluding carboxylic acids is 2. The van der Waals surface area contributed by atoms with E-state index in [1.807, 2.05) is 0 Å². The number of amides is 2. The van der Waals surface area contributed by atoms with E-state index >= 15 is 0 Å². The van der Waals surface area contributed by atoms with Crippen LogP contribution in [0.5, 0.6) is 0 Å². The van der Waals surface area contributed by atoms with Gasteiger partial charge in [-0.1, -0.05) is 0 Å². The highest BCUT2D eigenvalue weighted by Crippen LogP contribution is 2.46. The van der Waals surface area contributed by atoms with Crippen LogP contribution in [0.25, 0.3) is 0 Å². The van der Waals surface area contributed by atoms with Gasteiger partial charge in [-0.25, -0.2) is 0 Å². The Morgan fingerprint density at radius 1 is 1.29 bits per heavy atom. The van der Waals surface area contributed by atoms with Crippen LogP contribution in [0.2, 0.25) is 0 Å². The first-order valence-corrected chi connectivity index (χ1v) is 7.41. The number of carbonyl (C=O) groups is 2. The molecule has 1 saturated heterocycles. The molecule has 0 bridgehead atoms. The number of ether oxygens (including phenoxy) is 1. The van der Waals surface area contributed by atoms with Gasteiger partial charge in [0.05, 0.1) is 18.9 Å². The third-order valence-corrected chi connectivity index (χ3v) is 4.14. The molecule has 21 heavy (non-hydrogen) atoms. The van der Waals surface area contributed by atoms with Crippen molar-refractivity contribution in [2.75, 3.05) is 13.2 Å². The second-order valence-electron chi connectivity index (χ2n) is 5.69. The Morgan fingerprint density at radius 3 is 2.71 bits per heavy atom. The molecular formula is C15H20N2O4. The molecule has 2 heterocycles. The van der Waals surface area contributed by atoms with Gasteiger partial charge >= 0.3 is 0 Å². The van der Waals surface area contributed by atoms with Gasteiger partial charge in [0.2, 0.25) is 11.8 Å². The normalized spacial score (nSPS) is 22.8. The van der Waals surface area contributed by atoms with Gasteiger partial charge in [0, 0.05) is 13.2 Å². The van der Waals surface area contributed by atoms with E-state index in [1.165, 1.54) is 0 Å². The summed E-state index contributed by atoms with van der Waals surface area (Å²) in [5, 5.41) is 5.63. The third-order valence-electron chi connectivity index (χ3n) is 4.14. The van der Waals surface area contributed by atoms with Gasteiger partial charge in [-0.15, -0.1) is 0 Å². The van der Waals surface area contributed by atoms with Gasteiger partial charge in [0.15, 0.2) is 0 Å². The molecule has 2 aliphatic rings. The van der Waals surface area contributed by atoms with E-state index in [0.717, 1.165) is 19.4 Å². The zero-order chi connectivity index (χ0) is 14.7. The van der Waals surface area contributed by atoms with E-state index < -0.39 is 5.41 Å². The van der Waals surface area contributed by atoms with Crippen LogP contribution >= 0.6 is 0 Å². The second kappa shape index (κ2) is 5.89. The molecule has 2 amide bonds. The molecule has 0 spiro atoms. The summed E-state index contributed by atoms with van der Waals surface area (Å²) in [6, 6.07) is 3.56. The molecule has 6 nitrogen and oxygen atoms in total. The quantitative estimate of drug-likeness (QED) is 0.766. The Morgan fingerprint density at radius 2 is 2.10 bits per heavy atom. The van der Waals surface area contributed by atoms with Crippen LogP contribution in [0.15, 0.2) is 22.8 Å². The van der Waals surface area contributed by atoms with E-state index in [0.29, 0.717) is 31.7 Å². The smallest absolute Gasteiger partial charge is 0.236 e. The molecule has 0 aromatic carbocycles. The van der Waals surface area contributed by atoms with Crippen LogP contribution in [0.4, 0.5) is 0 Å². The van der Waals surface area contributed by atoms with Crippen LogP contribution in [-0.4, -0.2) is 31.1 Å². The van der Waals surface area contributed by atoms with Crippen LogP contribution < -0.4 is 10.6 Å². The van der Waals surface area contributed by atoms with Crippen LogP contribution in [0.1, 0.15) is 31.4 Å². The number of hydrogen-bond acceptors (Lipinski definition) is 4. The summed E-state index contributed by atoms with van der Waals surface area (Å²) in [5.74, 6) is 0.276. The zero-order valence-electron chi connectivity index (χ0n) is 11.9. The fourth-order valence-electron chi connectivity index (χ4n) is 2.61. The lowest BCUT2D eigenvalue weighted by Crippen LogP contribution is -2.44. The van der Waals surface area contributed by atoms with Gasteiger partial charge in [-0.05, 0) is 37.8 Å². The molecular weight excluding hydrogens is 272 g/mol. The van der Waals surface area contributed by atoms with Gasteiger partial charge in [0.25, 0.3) is 0 Å². The van der Waals surface area contributed by atoms with Gasteiger partial charge in [-0.3, -0.25) is 9.59 Å². The minimum atomic E-state index is -0.884. The highest BCUT2D eigenvalue weighted by Gasteiger charge is 2.56. The van der Waals surface area contributed by atoms with Crippen molar-refractivity contribution < 1.29 is 18.7 Å². The Hall–Kier alpha value is -1.82. The second-order valence-corrected chi connectivity index (χ2v) is 5.69. The molecule has 1 aliphatic heterocycles. The predicted molar refractivity (Wildman–Crippen MR) is 74.2 cm³/mol. The van der Waals surface area contributed by atoms with Crippen molar-refractivity contribution in [3.05, 3.63) is 24.2 Å². The first-order valence-electron chi connectivity index (χ1n) is 7.41. The molecule has 114 valence electrons. The summed E-state index contributed by atoms with van der Waals surface area (Å²) in [7, 11) is 0. The first kappa shape index (κ1) is 14.1.